The number of phenolic OH excluding ortho intramolecular Hbond substituents is 1. The summed E-state index contributed by atoms with van der Waals surface area (Å²) in [6.07, 6.45) is 0. The third kappa shape index (κ3) is 2.89. The van der Waals surface area contributed by atoms with Crippen molar-refractivity contribution in [2.45, 2.75) is 0 Å². The van der Waals surface area contributed by atoms with Gasteiger partial charge < -0.3 is 10.4 Å². The van der Waals surface area contributed by atoms with Gasteiger partial charge in [0.2, 0.25) is 5.13 Å². The fraction of sp³-hybridized carbons (Fsp3) is 0. The Morgan fingerprint density at radius 1 is 1.00 bits per heavy atom. The van der Waals surface area contributed by atoms with Crippen LogP contribution in [0.4, 0.5) is 10.8 Å². The van der Waals surface area contributed by atoms with E-state index in [4.69, 9.17) is 11.6 Å². The monoisotopic (exact) mass is 303 g/mol. The summed E-state index contributed by atoms with van der Waals surface area (Å²) in [5.74, 6) is 0.891. The molecule has 100 valence electrons. The molecule has 0 unspecified atom stereocenters. The van der Waals surface area contributed by atoms with Gasteiger partial charge in [0.05, 0.1) is 0 Å². The average molecular weight is 304 g/mol. The second-order valence-electron chi connectivity index (χ2n) is 4.10. The molecule has 0 fully saturated rings. The highest BCUT2D eigenvalue weighted by atomic mass is 35.5. The molecule has 1 heterocycles. The molecule has 20 heavy (non-hydrogen) atoms. The summed E-state index contributed by atoms with van der Waals surface area (Å²) in [5.41, 5.74) is 1.77. The van der Waals surface area contributed by atoms with E-state index in [1.165, 1.54) is 11.5 Å². The van der Waals surface area contributed by atoms with Crippen molar-refractivity contribution in [2.75, 3.05) is 5.32 Å². The van der Waals surface area contributed by atoms with Crippen molar-refractivity contribution < 1.29 is 5.11 Å². The maximum Gasteiger partial charge on any atom is 0.207 e. The van der Waals surface area contributed by atoms with Gasteiger partial charge in [-0.3, -0.25) is 0 Å². The van der Waals surface area contributed by atoms with Gasteiger partial charge in [-0.05, 0) is 48.5 Å². The van der Waals surface area contributed by atoms with Crippen LogP contribution in [0.1, 0.15) is 0 Å². The lowest BCUT2D eigenvalue weighted by Crippen LogP contribution is -1.88. The molecule has 0 aliphatic carbocycles. The maximum absolute atomic E-state index is 9.23. The van der Waals surface area contributed by atoms with Crippen molar-refractivity contribution >= 4 is 34.0 Å². The van der Waals surface area contributed by atoms with Crippen LogP contribution in [-0.4, -0.2) is 14.5 Å². The minimum atomic E-state index is 0.231. The Bertz CT molecular complexity index is 710. The minimum absolute atomic E-state index is 0.231. The summed E-state index contributed by atoms with van der Waals surface area (Å²) in [6, 6.07) is 14.2. The van der Waals surface area contributed by atoms with Crippen molar-refractivity contribution in [2.24, 2.45) is 0 Å². The largest absolute Gasteiger partial charge is 0.508 e. The topological polar surface area (TPSA) is 58.0 Å². The molecule has 3 rings (SSSR count). The van der Waals surface area contributed by atoms with Gasteiger partial charge in [0.1, 0.15) is 5.75 Å². The summed E-state index contributed by atoms with van der Waals surface area (Å²) >= 11 is 7.13. The van der Waals surface area contributed by atoms with Gasteiger partial charge in [0.25, 0.3) is 0 Å². The van der Waals surface area contributed by atoms with Crippen molar-refractivity contribution in [3.05, 3.63) is 53.6 Å². The van der Waals surface area contributed by atoms with Crippen LogP contribution in [0.25, 0.3) is 11.4 Å². The van der Waals surface area contributed by atoms with Crippen LogP contribution in [0.3, 0.4) is 0 Å². The van der Waals surface area contributed by atoms with E-state index >= 15 is 0 Å². The number of nitrogens with zero attached hydrogens (tertiary/aromatic N) is 2. The highest BCUT2D eigenvalue weighted by Gasteiger charge is 2.06. The molecule has 0 saturated heterocycles. The quantitative estimate of drug-likeness (QED) is 0.708. The number of phenols is 1. The van der Waals surface area contributed by atoms with Gasteiger partial charge in [-0.2, -0.15) is 9.36 Å². The number of aromatic hydroxyl groups is 1. The number of nitrogens with one attached hydrogen (secondary N) is 1. The number of benzene rings is 2. The Morgan fingerprint density at radius 3 is 2.40 bits per heavy atom. The van der Waals surface area contributed by atoms with Gasteiger partial charge >= 0.3 is 0 Å². The molecule has 1 aromatic heterocycles. The Hall–Kier alpha value is -2.11. The van der Waals surface area contributed by atoms with E-state index < -0.39 is 0 Å². The molecule has 6 heteroatoms. The number of hydrogen-bond donors (Lipinski definition) is 2. The van der Waals surface area contributed by atoms with E-state index in [9.17, 15) is 5.11 Å². The Balaban J connectivity index is 1.80. The molecule has 0 atom stereocenters. The van der Waals surface area contributed by atoms with Crippen LogP contribution >= 0.6 is 23.1 Å². The molecular weight excluding hydrogens is 294 g/mol. The normalized spacial score (nSPS) is 10.4. The zero-order valence-corrected chi connectivity index (χ0v) is 11.8. The number of aromatic nitrogens is 2. The lowest BCUT2D eigenvalue weighted by molar-refractivity contribution is 0.475. The first-order chi connectivity index (χ1) is 9.70. The van der Waals surface area contributed by atoms with E-state index in [2.05, 4.69) is 14.7 Å². The number of hydrogen-bond acceptors (Lipinski definition) is 5. The highest BCUT2D eigenvalue weighted by molar-refractivity contribution is 7.09. The van der Waals surface area contributed by atoms with Crippen molar-refractivity contribution in [1.29, 1.82) is 0 Å². The molecule has 0 aliphatic rings. The minimum Gasteiger partial charge on any atom is -0.508 e. The van der Waals surface area contributed by atoms with Gasteiger partial charge in [0.15, 0.2) is 5.82 Å². The smallest absolute Gasteiger partial charge is 0.207 e. The van der Waals surface area contributed by atoms with E-state index in [1.807, 2.05) is 24.3 Å². The molecule has 3 aromatic rings. The second-order valence-corrected chi connectivity index (χ2v) is 5.29. The SMILES string of the molecule is Oc1ccc(Nc2nc(-c3ccc(Cl)cc3)ns2)cc1. The fourth-order valence-corrected chi connectivity index (χ4v) is 2.39. The van der Waals surface area contributed by atoms with E-state index in [-0.39, 0.29) is 5.75 Å². The summed E-state index contributed by atoms with van der Waals surface area (Å²) in [7, 11) is 0. The first-order valence-corrected chi connectivity index (χ1v) is 7.01. The van der Waals surface area contributed by atoms with Gasteiger partial charge in [-0.15, -0.1) is 0 Å². The molecule has 0 spiro atoms. The van der Waals surface area contributed by atoms with E-state index in [0.717, 1.165) is 11.3 Å². The number of anilines is 2. The lowest BCUT2D eigenvalue weighted by Gasteiger charge is -2.01. The lowest BCUT2D eigenvalue weighted by atomic mass is 10.2. The van der Waals surface area contributed by atoms with E-state index in [0.29, 0.717) is 16.0 Å². The zero-order chi connectivity index (χ0) is 13.9. The van der Waals surface area contributed by atoms with Gasteiger partial charge in [-0.25, -0.2) is 0 Å². The van der Waals surface area contributed by atoms with Crippen molar-refractivity contribution in [3.63, 3.8) is 0 Å². The van der Waals surface area contributed by atoms with Crippen LogP contribution in [0.2, 0.25) is 5.02 Å². The molecule has 0 radical (unpaired) electrons. The van der Waals surface area contributed by atoms with Crippen LogP contribution < -0.4 is 5.32 Å². The standard InChI is InChI=1S/C14H10ClN3OS/c15-10-3-1-9(2-4-10)13-17-14(20-18-13)16-11-5-7-12(19)8-6-11/h1-8,19H,(H,16,17,18). The molecule has 4 nitrogen and oxygen atoms in total. The number of halogens is 1. The first kappa shape index (κ1) is 12.9. The van der Waals surface area contributed by atoms with E-state index in [1.54, 1.807) is 24.3 Å². The molecular formula is C14H10ClN3OS. The van der Waals surface area contributed by atoms with Crippen LogP contribution in [0.5, 0.6) is 5.75 Å². The first-order valence-electron chi connectivity index (χ1n) is 5.86. The zero-order valence-electron chi connectivity index (χ0n) is 10.2. The number of rotatable bonds is 3. The summed E-state index contributed by atoms with van der Waals surface area (Å²) in [6.45, 7) is 0. The van der Waals surface area contributed by atoms with Crippen molar-refractivity contribution in [1.82, 2.24) is 9.36 Å². The average Bonchev–Trinajstić information content (AvgIpc) is 2.91. The predicted octanol–water partition coefficient (Wildman–Crippen LogP) is 4.31. The third-order valence-electron chi connectivity index (χ3n) is 2.65. The molecule has 0 amide bonds. The maximum atomic E-state index is 9.23. The van der Waals surface area contributed by atoms with Crippen LogP contribution in [-0.2, 0) is 0 Å². The van der Waals surface area contributed by atoms with Gasteiger partial charge in [0, 0.05) is 27.8 Å². The van der Waals surface area contributed by atoms with Crippen LogP contribution in [0.15, 0.2) is 48.5 Å². The molecule has 2 aromatic carbocycles. The molecule has 0 saturated carbocycles. The molecule has 0 aliphatic heterocycles. The summed E-state index contributed by atoms with van der Waals surface area (Å²) < 4.78 is 4.31. The van der Waals surface area contributed by atoms with Crippen molar-refractivity contribution in [3.8, 4) is 17.1 Å². The van der Waals surface area contributed by atoms with Crippen LogP contribution in [0, 0.1) is 0 Å². The predicted molar refractivity (Wildman–Crippen MR) is 81.7 cm³/mol. The summed E-state index contributed by atoms with van der Waals surface area (Å²) in [4.78, 5) is 4.42. The molecule has 2 N–H and O–H groups in total. The Kier molecular flexibility index (Phi) is 3.54. The highest BCUT2D eigenvalue weighted by Crippen LogP contribution is 2.25. The second kappa shape index (κ2) is 5.48. The Labute approximate surface area is 124 Å². The Morgan fingerprint density at radius 2 is 1.70 bits per heavy atom. The third-order valence-corrected chi connectivity index (χ3v) is 3.53. The summed E-state index contributed by atoms with van der Waals surface area (Å²) in [5, 5.41) is 13.8. The molecule has 0 bridgehead atoms. The fourth-order valence-electron chi connectivity index (χ4n) is 1.66. The van der Waals surface area contributed by atoms with Gasteiger partial charge in [-0.1, -0.05) is 11.6 Å².